The number of ether oxygens (including phenoxy) is 1. The van der Waals surface area contributed by atoms with Gasteiger partial charge in [-0.15, -0.1) is 0 Å². The number of carbonyl (C=O) groups is 2. The Balaban J connectivity index is 2.46. The van der Waals surface area contributed by atoms with Crippen LogP contribution in [0.1, 0.15) is 25.3 Å². The predicted octanol–water partition coefficient (Wildman–Crippen LogP) is 3.95. The zero-order valence-electron chi connectivity index (χ0n) is 11.2. The second-order valence-corrected chi connectivity index (χ2v) is 5.31. The van der Waals surface area contributed by atoms with Crippen molar-refractivity contribution in [1.29, 1.82) is 0 Å². The Morgan fingerprint density at radius 1 is 1.40 bits per heavy atom. The van der Waals surface area contributed by atoms with Gasteiger partial charge in [-0.2, -0.15) is 0 Å². The van der Waals surface area contributed by atoms with E-state index in [1.54, 1.807) is 25.1 Å². The molecule has 1 aliphatic carbocycles. The molecule has 1 aromatic rings. The lowest BCUT2D eigenvalue weighted by Gasteiger charge is -2.13. The lowest BCUT2D eigenvalue weighted by Crippen LogP contribution is -2.19. The van der Waals surface area contributed by atoms with Crippen molar-refractivity contribution >= 4 is 40.3 Å². The topological polar surface area (TPSA) is 43.4 Å². The van der Waals surface area contributed by atoms with Gasteiger partial charge in [0.05, 0.1) is 23.1 Å². The van der Waals surface area contributed by atoms with Crippen LogP contribution in [0.4, 0.5) is 0 Å². The fourth-order valence-electron chi connectivity index (χ4n) is 2.33. The van der Waals surface area contributed by atoms with E-state index in [4.69, 9.17) is 27.9 Å². The van der Waals surface area contributed by atoms with Crippen molar-refractivity contribution in [3.8, 4) is 5.75 Å². The fraction of sp³-hybridized carbons (Fsp3) is 0.333. The number of halogens is 2. The highest BCUT2D eigenvalue weighted by atomic mass is 35.5. The van der Waals surface area contributed by atoms with Crippen LogP contribution < -0.4 is 4.74 Å². The minimum atomic E-state index is -0.602. The molecule has 0 spiro atoms. The van der Waals surface area contributed by atoms with E-state index < -0.39 is 5.92 Å². The Bertz CT molecular complexity index is 605. The molecule has 1 atom stereocenters. The molecule has 20 heavy (non-hydrogen) atoms. The van der Waals surface area contributed by atoms with Crippen molar-refractivity contribution in [3.63, 3.8) is 0 Å². The SMILES string of the molecule is CCC(=O)C1CC=C(c2c(OC)ccc(Cl)c2Cl)C1=O. The molecule has 5 heteroatoms. The van der Waals surface area contributed by atoms with E-state index in [9.17, 15) is 9.59 Å². The third-order valence-corrected chi connectivity index (χ3v) is 4.23. The quantitative estimate of drug-likeness (QED) is 0.790. The van der Waals surface area contributed by atoms with Crippen LogP contribution >= 0.6 is 23.2 Å². The molecule has 0 heterocycles. The Kier molecular flexibility index (Phi) is 4.51. The summed E-state index contributed by atoms with van der Waals surface area (Å²) >= 11 is 12.2. The van der Waals surface area contributed by atoms with Crippen LogP contribution in [0.5, 0.6) is 5.75 Å². The monoisotopic (exact) mass is 312 g/mol. The lowest BCUT2D eigenvalue weighted by molar-refractivity contribution is -0.129. The second-order valence-electron chi connectivity index (χ2n) is 4.53. The van der Waals surface area contributed by atoms with Crippen LogP contribution in [0.25, 0.3) is 5.57 Å². The van der Waals surface area contributed by atoms with Gasteiger partial charge in [0.2, 0.25) is 0 Å². The molecule has 1 aromatic carbocycles. The number of hydrogen-bond acceptors (Lipinski definition) is 3. The van der Waals surface area contributed by atoms with Crippen molar-refractivity contribution in [2.24, 2.45) is 5.92 Å². The highest BCUT2D eigenvalue weighted by Gasteiger charge is 2.34. The van der Waals surface area contributed by atoms with Gasteiger partial charge in [-0.25, -0.2) is 0 Å². The first kappa shape index (κ1) is 15.1. The molecule has 3 nitrogen and oxygen atoms in total. The lowest BCUT2D eigenvalue weighted by atomic mass is 9.94. The van der Waals surface area contributed by atoms with E-state index >= 15 is 0 Å². The van der Waals surface area contributed by atoms with E-state index in [-0.39, 0.29) is 16.6 Å². The second kappa shape index (κ2) is 5.98. The predicted molar refractivity (Wildman–Crippen MR) is 79.4 cm³/mol. The maximum absolute atomic E-state index is 12.4. The minimum absolute atomic E-state index is 0.0571. The van der Waals surface area contributed by atoms with Gasteiger partial charge in [-0.1, -0.05) is 36.2 Å². The number of ketones is 2. The number of Topliss-reactive ketones (excluding diaryl/α,β-unsaturated/α-hetero) is 2. The number of methoxy groups -OCH3 is 1. The molecule has 0 fully saturated rings. The first-order valence-electron chi connectivity index (χ1n) is 6.30. The highest BCUT2D eigenvalue weighted by molar-refractivity contribution is 6.45. The summed E-state index contributed by atoms with van der Waals surface area (Å²) in [6.07, 6.45) is 2.49. The summed E-state index contributed by atoms with van der Waals surface area (Å²) in [6.45, 7) is 1.75. The molecule has 0 aromatic heterocycles. The summed E-state index contributed by atoms with van der Waals surface area (Å²) in [6, 6.07) is 3.27. The molecule has 106 valence electrons. The molecule has 0 N–H and O–H groups in total. The third-order valence-electron chi connectivity index (χ3n) is 3.42. The Morgan fingerprint density at radius 3 is 2.70 bits per heavy atom. The zero-order chi connectivity index (χ0) is 14.9. The van der Waals surface area contributed by atoms with E-state index in [0.29, 0.717) is 34.8 Å². The zero-order valence-corrected chi connectivity index (χ0v) is 12.7. The van der Waals surface area contributed by atoms with Crippen LogP contribution in [-0.2, 0) is 9.59 Å². The summed E-state index contributed by atoms with van der Waals surface area (Å²) < 4.78 is 5.24. The van der Waals surface area contributed by atoms with Crippen molar-refractivity contribution in [1.82, 2.24) is 0 Å². The van der Waals surface area contributed by atoms with Crippen molar-refractivity contribution in [3.05, 3.63) is 33.8 Å². The first-order chi connectivity index (χ1) is 9.51. The maximum atomic E-state index is 12.4. The number of benzene rings is 1. The van der Waals surface area contributed by atoms with E-state index in [1.165, 1.54) is 7.11 Å². The Hall–Kier alpha value is -1.32. The smallest absolute Gasteiger partial charge is 0.174 e. The fourth-order valence-corrected chi connectivity index (χ4v) is 2.75. The molecule has 0 saturated carbocycles. The summed E-state index contributed by atoms with van der Waals surface area (Å²) in [4.78, 5) is 24.2. The standard InChI is InChI=1S/C15H14Cl2O3/c1-3-11(18)8-4-5-9(15(8)19)13-12(20-2)7-6-10(16)14(13)17/h5-8H,3-4H2,1-2H3. The molecule has 0 amide bonds. The molecule has 0 aliphatic heterocycles. The average molecular weight is 313 g/mol. The molecule has 0 radical (unpaired) electrons. The molecule has 1 unspecified atom stereocenters. The van der Waals surface area contributed by atoms with Gasteiger partial charge in [-0.3, -0.25) is 9.59 Å². The molecule has 0 saturated heterocycles. The molecule has 2 rings (SSSR count). The van der Waals surface area contributed by atoms with Crippen molar-refractivity contribution in [2.75, 3.05) is 7.11 Å². The van der Waals surface area contributed by atoms with E-state index in [0.717, 1.165) is 0 Å². The normalized spacial score (nSPS) is 18.1. The van der Waals surface area contributed by atoms with Crippen LogP contribution in [0, 0.1) is 5.92 Å². The maximum Gasteiger partial charge on any atom is 0.174 e. The highest BCUT2D eigenvalue weighted by Crippen LogP contribution is 2.41. The van der Waals surface area contributed by atoms with E-state index in [1.807, 2.05) is 0 Å². The van der Waals surface area contributed by atoms with Crippen LogP contribution in [0.3, 0.4) is 0 Å². The number of carbonyl (C=O) groups excluding carboxylic acids is 2. The summed E-state index contributed by atoms with van der Waals surface area (Å²) in [5.41, 5.74) is 0.888. The van der Waals surface area contributed by atoms with Gasteiger partial charge in [0.25, 0.3) is 0 Å². The van der Waals surface area contributed by atoms with Crippen LogP contribution in [0.15, 0.2) is 18.2 Å². The summed E-state index contributed by atoms with van der Waals surface area (Å²) in [5.74, 6) is -0.393. The van der Waals surface area contributed by atoms with Gasteiger partial charge in [0, 0.05) is 17.6 Å². The van der Waals surface area contributed by atoms with Crippen LogP contribution in [0.2, 0.25) is 10.0 Å². The summed E-state index contributed by atoms with van der Waals surface area (Å²) in [5, 5.41) is 0.622. The molecular weight excluding hydrogens is 299 g/mol. The van der Waals surface area contributed by atoms with E-state index in [2.05, 4.69) is 0 Å². The van der Waals surface area contributed by atoms with Gasteiger partial charge in [-0.05, 0) is 18.6 Å². The van der Waals surface area contributed by atoms with Crippen LogP contribution in [-0.4, -0.2) is 18.7 Å². The molecule has 0 bridgehead atoms. The minimum Gasteiger partial charge on any atom is -0.496 e. The first-order valence-corrected chi connectivity index (χ1v) is 7.06. The molecular formula is C15H14Cl2O3. The number of rotatable bonds is 4. The van der Waals surface area contributed by atoms with Gasteiger partial charge in [0.1, 0.15) is 11.5 Å². The number of allylic oxidation sites excluding steroid dienone is 2. The largest absolute Gasteiger partial charge is 0.496 e. The van der Waals surface area contributed by atoms with Gasteiger partial charge >= 0.3 is 0 Å². The average Bonchev–Trinajstić information content (AvgIpc) is 2.82. The Labute approximate surface area is 127 Å². The van der Waals surface area contributed by atoms with Gasteiger partial charge < -0.3 is 4.74 Å². The molecule has 1 aliphatic rings. The third kappa shape index (κ3) is 2.48. The van der Waals surface area contributed by atoms with Crippen molar-refractivity contribution < 1.29 is 14.3 Å². The number of hydrogen-bond donors (Lipinski definition) is 0. The Morgan fingerprint density at radius 2 is 2.10 bits per heavy atom. The van der Waals surface area contributed by atoms with Gasteiger partial charge in [0.15, 0.2) is 5.78 Å². The summed E-state index contributed by atoms with van der Waals surface area (Å²) in [7, 11) is 1.50. The van der Waals surface area contributed by atoms with Crippen molar-refractivity contribution in [2.45, 2.75) is 19.8 Å².